The Morgan fingerprint density at radius 1 is 1.30 bits per heavy atom. The van der Waals surface area contributed by atoms with Crippen molar-refractivity contribution >= 4 is 17.6 Å². The van der Waals surface area contributed by atoms with Crippen LogP contribution in [-0.2, 0) is 14.3 Å². The second-order valence-electron chi connectivity index (χ2n) is 5.71. The van der Waals surface area contributed by atoms with Gasteiger partial charge in [-0.05, 0) is 19.8 Å². The first-order chi connectivity index (χ1) is 9.61. The zero-order valence-electron chi connectivity index (χ0n) is 12.5. The van der Waals surface area contributed by atoms with Gasteiger partial charge in [0.2, 0.25) is 5.91 Å². The number of carbonyl (C=O) groups is 2. The summed E-state index contributed by atoms with van der Waals surface area (Å²) in [4.78, 5) is 28.8. The minimum absolute atomic E-state index is 0.0137. The number of likely N-dealkylation sites (tertiary alicyclic amines) is 1. The fourth-order valence-electron chi connectivity index (χ4n) is 3.07. The van der Waals surface area contributed by atoms with Crippen LogP contribution in [-0.4, -0.2) is 48.2 Å². The van der Waals surface area contributed by atoms with Gasteiger partial charge in [-0.25, -0.2) is 4.99 Å². The van der Waals surface area contributed by atoms with E-state index in [4.69, 9.17) is 4.74 Å². The Morgan fingerprint density at radius 2 is 2.00 bits per heavy atom. The average molecular weight is 281 g/mol. The summed E-state index contributed by atoms with van der Waals surface area (Å²) < 4.78 is 5.14. The number of amides is 1. The van der Waals surface area contributed by atoms with Gasteiger partial charge in [0.05, 0.1) is 6.61 Å². The third kappa shape index (κ3) is 3.58. The van der Waals surface area contributed by atoms with E-state index in [0.29, 0.717) is 25.7 Å². The highest BCUT2D eigenvalue weighted by atomic mass is 16.5. The fourth-order valence-corrected chi connectivity index (χ4v) is 3.07. The molecule has 1 aliphatic carbocycles. The van der Waals surface area contributed by atoms with Crippen LogP contribution in [0.1, 0.15) is 46.0 Å². The number of hydrogen-bond donors (Lipinski definition) is 1. The van der Waals surface area contributed by atoms with E-state index in [1.165, 1.54) is 19.3 Å². The molecule has 0 bridgehead atoms. The van der Waals surface area contributed by atoms with E-state index in [0.717, 1.165) is 18.6 Å². The predicted molar refractivity (Wildman–Crippen MR) is 75.2 cm³/mol. The molecule has 112 valence electrons. The van der Waals surface area contributed by atoms with E-state index in [2.05, 4.69) is 4.99 Å². The van der Waals surface area contributed by atoms with Crippen LogP contribution in [0.15, 0.2) is 0 Å². The maximum absolute atomic E-state index is 12.0. The summed E-state index contributed by atoms with van der Waals surface area (Å²) in [6.45, 7) is 4.72. The lowest BCUT2D eigenvalue weighted by Crippen LogP contribution is -2.81. The molecule has 1 aliphatic heterocycles. The van der Waals surface area contributed by atoms with E-state index in [1.807, 2.05) is 6.92 Å². The number of hydrogen-bond acceptors (Lipinski definition) is 3. The number of nitrogens with one attached hydrogen (secondary N) is 1. The third-order valence-electron chi connectivity index (χ3n) is 4.20. The Kier molecular flexibility index (Phi) is 5.15. The topological polar surface area (TPSA) is 60.6 Å². The van der Waals surface area contributed by atoms with Crippen LogP contribution in [0.4, 0.5) is 0 Å². The molecule has 0 aromatic carbocycles. The largest absolute Gasteiger partial charge is 0.465 e. The second kappa shape index (κ2) is 6.86. The van der Waals surface area contributed by atoms with Crippen molar-refractivity contribution < 1.29 is 19.3 Å². The first-order valence-electron chi connectivity index (χ1n) is 7.66. The first-order valence-corrected chi connectivity index (χ1v) is 7.66. The maximum atomic E-state index is 12.0. The van der Waals surface area contributed by atoms with E-state index in [1.54, 1.807) is 11.8 Å². The molecule has 0 aromatic heterocycles. The summed E-state index contributed by atoms with van der Waals surface area (Å²) in [5.41, 5.74) is 0.963. The van der Waals surface area contributed by atoms with Crippen molar-refractivity contribution in [3.8, 4) is 0 Å². The highest BCUT2D eigenvalue weighted by Crippen LogP contribution is 2.16. The Hall–Kier alpha value is -1.39. The van der Waals surface area contributed by atoms with Crippen LogP contribution in [0.2, 0.25) is 0 Å². The highest BCUT2D eigenvalue weighted by molar-refractivity contribution is 6.04. The average Bonchev–Trinajstić information content (AvgIpc) is 2.84. The molecule has 1 saturated carbocycles. The van der Waals surface area contributed by atoms with Gasteiger partial charge in [-0.15, -0.1) is 0 Å². The van der Waals surface area contributed by atoms with E-state index < -0.39 is 0 Å². The van der Waals surface area contributed by atoms with E-state index in [9.17, 15) is 9.59 Å². The monoisotopic (exact) mass is 281 g/mol. The van der Waals surface area contributed by atoms with Gasteiger partial charge < -0.3 is 9.64 Å². The number of nitrogens with zero attached hydrogens (tertiary/aromatic N) is 1. The van der Waals surface area contributed by atoms with Crippen molar-refractivity contribution in [3.63, 3.8) is 0 Å². The Balaban J connectivity index is 2.11. The lowest BCUT2D eigenvalue weighted by Gasteiger charge is -2.14. The van der Waals surface area contributed by atoms with Crippen LogP contribution in [0, 0.1) is 5.92 Å². The van der Waals surface area contributed by atoms with Gasteiger partial charge in [0.1, 0.15) is 6.54 Å². The number of rotatable bonds is 3. The van der Waals surface area contributed by atoms with Crippen LogP contribution in [0.3, 0.4) is 0 Å². The summed E-state index contributed by atoms with van der Waals surface area (Å²) in [5, 5.41) is 0. The summed E-state index contributed by atoms with van der Waals surface area (Å²) in [7, 11) is 0. The first kappa shape index (κ1) is 15.0. The fraction of sp³-hybridized carbons (Fsp3) is 0.800. The summed E-state index contributed by atoms with van der Waals surface area (Å²) in [5.74, 6) is -0.505. The maximum Gasteiger partial charge on any atom is 0.321 e. The molecule has 1 amide bonds. The van der Waals surface area contributed by atoms with Gasteiger partial charge in [-0.1, -0.05) is 6.42 Å². The molecule has 20 heavy (non-hydrogen) atoms. The van der Waals surface area contributed by atoms with Crippen LogP contribution in [0.25, 0.3) is 0 Å². The molecule has 1 atom stereocenters. The van der Waals surface area contributed by atoms with Crippen LogP contribution < -0.4 is 4.99 Å². The predicted octanol–water partition coefficient (Wildman–Crippen LogP) is -0.118. The van der Waals surface area contributed by atoms with Crippen molar-refractivity contribution in [2.24, 2.45) is 5.92 Å². The van der Waals surface area contributed by atoms with Crippen molar-refractivity contribution in [2.75, 3.05) is 19.7 Å². The number of carbonyl (C=O) groups excluding carboxylic acids is 2. The molecule has 1 N–H and O–H groups in total. The van der Waals surface area contributed by atoms with Crippen molar-refractivity contribution in [1.82, 2.24) is 4.90 Å². The minimum Gasteiger partial charge on any atom is -0.465 e. The van der Waals surface area contributed by atoms with Gasteiger partial charge in [-0.2, -0.15) is 0 Å². The lowest BCUT2D eigenvalue weighted by atomic mass is 9.95. The smallest absolute Gasteiger partial charge is 0.321 e. The van der Waals surface area contributed by atoms with Gasteiger partial charge in [0.25, 0.3) is 0 Å². The SMILES string of the molecule is CCOC(=O)[C@@H]1CN(C(C)=O)CC1=[NH+]C1CCCCC1. The van der Waals surface area contributed by atoms with Gasteiger partial charge >= 0.3 is 5.97 Å². The normalized spacial score (nSPS) is 26.0. The van der Waals surface area contributed by atoms with Gasteiger partial charge in [0.15, 0.2) is 17.7 Å². The zero-order valence-corrected chi connectivity index (χ0v) is 12.5. The lowest BCUT2D eigenvalue weighted by molar-refractivity contribution is -0.509. The Morgan fingerprint density at radius 3 is 2.60 bits per heavy atom. The molecule has 1 heterocycles. The highest BCUT2D eigenvalue weighted by Gasteiger charge is 2.41. The number of ether oxygens (including phenoxy) is 1. The molecule has 2 aliphatic rings. The Labute approximate surface area is 120 Å². The molecule has 5 heteroatoms. The standard InChI is InChI=1S/C15H24N2O3/c1-3-20-15(19)13-9-17(11(2)18)10-14(13)16-12-7-5-4-6-8-12/h12-13H,3-10H2,1-2H3/p+1/t13-/m1/s1. The van der Waals surface area contributed by atoms with Crippen molar-refractivity contribution in [2.45, 2.75) is 52.0 Å². The molecule has 1 saturated heterocycles. The number of esters is 1. The third-order valence-corrected chi connectivity index (χ3v) is 4.20. The van der Waals surface area contributed by atoms with Crippen LogP contribution in [0.5, 0.6) is 0 Å². The van der Waals surface area contributed by atoms with Gasteiger partial charge in [-0.3, -0.25) is 9.59 Å². The van der Waals surface area contributed by atoms with Gasteiger partial charge in [0, 0.05) is 26.3 Å². The summed E-state index contributed by atoms with van der Waals surface area (Å²) in [6.07, 6.45) is 6.09. The molecule has 0 unspecified atom stereocenters. The molecule has 0 radical (unpaired) electrons. The van der Waals surface area contributed by atoms with E-state index in [-0.39, 0.29) is 17.8 Å². The van der Waals surface area contributed by atoms with Crippen LogP contribution >= 0.6 is 0 Å². The molecular weight excluding hydrogens is 256 g/mol. The second-order valence-corrected chi connectivity index (χ2v) is 5.71. The zero-order chi connectivity index (χ0) is 14.5. The molecule has 0 spiro atoms. The molecule has 2 fully saturated rings. The van der Waals surface area contributed by atoms with E-state index >= 15 is 0 Å². The molecule has 2 rings (SSSR count). The molecule has 0 aromatic rings. The Bertz CT molecular complexity index is 400. The summed E-state index contributed by atoms with van der Waals surface area (Å²) in [6, 6.07) is 0.447. The minimum atomic E-state index is -0.305. The molecule has 5 nitrogen and oxygen atoms in total. The quantitative estimate of drug-likeness (QED) is 0.734. The molecular formula is C15H25N2O3+. The summed E-state index contributed by atoms with van der Waals surface area (Å²) >= 11 is 0. The van der Waals surface area contributed by atoms with Crippen molar-refractivity contribution in [3.05, 3.63) is 0 Å². The van der Waals surface area contributed by atoms with Crippen molar-refractivity contribution in [1.29, 1.82) is 0 Å².